The van der Waals surface area contributed by atoms with Crippen LogP contribution in [0.25, 0.3) is 0 Å². The first-order valence-corrected chi connectivity index (χ1v) is 7.40. The lowest BCUT2D eigenvalue weighted by Gasteiger charge is -2.18. The summed E-state index contributed by atoms with van der Waals surface area (Å²) in [6, 6.07) is -0.296. The van der Waals surface area contributed by atoms with Crippen molar-refractivity contribution in [3.05, 3.63) is 16.1 Å². The van der Waals surface area contributed by atoms with E-state index < -0.39 is 0 Å². The maximum absolute atomic E-state index is 11.9. The van der Waals surface area contributed by atoms with Crippen molar-refractivity contribution in [2.75, 3.05) is 13.6 Å². The molecule has 1 aliphatic rings. The highest BCUT2D eigenvalue weighted by atomic mass is 32.1. The number of nitrogens with one attached hydrogen (secondary N) is 1. The zero-order valence-corrected chi connectivity index (χ0v) is 12.1. The van der Waals surface area contributed by atoms with Crippen molar-refractivity contribution in [1.82, 2.24) is 15.2 Å². The highest BCUT2D eigenvalue weighted by Crippen LogP contribution is 2.16. The topological polar surface area (TPSA) is 62.3 Å². The van der Waals surface area contributed by atoms with E-state index >= 15 is 0 Å². The third-order valence-electron chi connectivity index (χ3n) is 3.38. The van der Waals surface area contributed by atoms with Gasteiger partial charge in [0.15, 0.2) is 0 Å². The van der Waals surface area contributed by atoms with Gasteiger partial charge < -0.3 is 10.2 Å². The molecule has 2 heterocycles. The molecule has 0 bridgehead atoms. The predicted octanol–water partition coefficient (Wildman–Crippen LogP) is 0.985. The van der Waals surface area contributed by atoms with Crippen molar-refractivity contribution < 1.29 is 9.59 Å². The lowest BCUT2D eigenvalue weighted by atomic mass is 10.2. The second-order valence-electron chi connectivity index (χ2n) is 4.67. The standard InChI is InChI=1S/C13H19N3O2S/c1-3-9-8-15-11(19-9)6-7-14-13(18)10-4-5-12(17)16(10)2/h8,10H,3-7H2,1-2H3,(H,14,18). The van der Waals surface area contributed by atoms with Crippen molar-refractivity contribution in [3.63, 3.8) is 0 Å². The average Bonchev–Trinajstić information content (AvgIpc) is 2.98. The Morgan fingerprint density at radius 2 is 2.42 bits per heavy atom. The Bertz CT molecular complexity index is 472. The summed E-state index contributed by atoms with van der Waals surface area (Å²) in [5, 5.41) is 3.93. The number of rotatable bonds is 5. The number of thiazole rings is 1. The first-order valence-electron chi connectivity index (χ1n) is 6.58. The molecule has 0 saturated carbocycles. The number of carbonyl (C=O) groups is 2. The van der Waals surface area contributed by atoms with Gasteiger partial charge in [-0.25, -0.2) is 4.98 Å². The van der Waals surface area contributed by atoms with Crippen LogP contribution in [0.2, 0.25) is 0 Å². The van der Waals surface area contributed by atoms with Gasteiger partial charge in [-0.2, -0.15) is 0 Å². The number of likely N-dealkylation sites (N-methyl/N-ethyl adjacent to an activating group) is 1. The molecule has 2 rings (SSSR count). The van der Waals surface area contributed by atoms with Gasteiger partial charge in [-0.1, -0.05) is 6.92 Å². The molecule has 1 aromatic rings. The normalized spacial score (nSPS) is 18.9. The van der Waals surface area contributed by atoms with E-state index in [4.69, 9.17) is 0 Å². The quantitative estimate of drug-likeness (QED) is 0.875. The summed E-state index contributed by atoms with van der Waals surface area (Å²) >= 11 is 1.69. The second-order valence-corrected chi connectivity index (χ2v) is 5.87. The Kier molecular flexibility index (Phi) is 4.52. The molecule has 1 atom stereocenters. The molecule has 104 valence electrons. The van der Waals surface area contributed by atoms with E-state index in [0.717, 1.165) is 17.8 Å². The predicted molar refractivity (Wildman–Crippen MR) is 74.0 cm³/mol. The van der Waals surface area contributed by atoms with Crippen molar-refractivity contribution in [1.29, 1.82) is 0 Å². The van der Waals surface area contributed by atoms with Crippen LogP contribution in [0.4, 0.5) is 0 Å². The van der Waals surface area contributed by atoms with Gasteiger partial charge in [0.1, 0.15) is 6.04 Å². The summed E-state index contributed by atoms with van der Waals surface area (Å²) in [6.45, 7) is 2.68. The van der Waals surface area contributed by atoms with Crippen LogP contribution in [0, 0.1) is 0 Å². The summed E-state index contributed by atoms with van der Waals surface area (Å²) in [6.07, 6.45) is 4.74. The van der Waals surface area contributed by atoms with Gasteiger partial charge in [0.2, 0.25) is 11.8 Å². The lowest BCUT2D eigenvalue weighted by Crippen LogP contribution is -2.43. The van der Waals surface area contributed by atoms with Gasteiger partial charge in [-0.3, -0.25) is 9.59 Å². The molecule has 1 aromatic heterocycles. The summed E-state index contributed by atoms with van der Waals surface area (Å²) < 4.78 is 0. The Morgan fingerprint density at radius 3 is 3.00 bits per heavy atom. The highest BCUT2D eigenvalue weighted by molar-refractivity contribution is 7.11. The fraction of sp³-hybridized carbons (Fsp3) is 0.615. The number of amides is 2. The summed E-state index contributed by atoms with van der Waals surface area (Å²) in [5.41, 5.74) is 0. The summed E-state index contributed by atoms with van der Waals surface area (Å²) in [7, 11) is 1.69. The van der Waals surface area contributed by atoms with Gasteiger partial charge >= 0.3 is 0 Å². The summed E-state index contributed by atoms with van der Waals surface area (Å²) in [5.74, 6) is -0.00622. The SMILES string of the molecule is CCc1cnc(CCNC(=O)C2CCC(=O)N2C)s1. The Labute approximate surface area is 117 Å². The molecule has 0 spiro atoms. The number of aryl methyl sites for hydroxylation is 1. The van der Waals surface area contributed by atoms with Crippen LogP contribution in [-0.2, 0) is 22.4 Å². The smallest absolute Gasteiger partial charge is 0.242 e. The van der Waals surface area contributed by atoms with Crippen molar-refractivity contribution in [2.45, 2.75) is 38.6 Å². The minimum absolute atomic E-state index is 0.0488. The largest absolute Gasteiger partial charge is 0.354 e. The minimum Gasteiger partial charge on any atom is -0.354 e. The van der Waals surface area contributed by atoms with E-state index in [-0.39, 0.29) is 17.9 Å². The molecule has 1 fully saturated rings. The molecule has 2 amide bonds. The number of hydrogen-bond acceptors (Lipinski definition) is 4. The number of likely N-dealkylation sites (tertiary alicyclic amines) is 1. The zero-order chi connectivity index (χ0) is 13.8. The molecule has 1 aliphatic heterocycles. The number of nitrogens with zero attached hydrogens (tertiary/aromatic N) is 2. The van der Waals surface area contributed by atoms with Crippen LogP contribution < -0.4 is 5.32 Å². The molecule has 0 aromatic carbocycles. The van der Waals surface area contributed by atoms with Gasteiger partial charge in [-0.15, -0.1) is 11.3 Å². The van der Waals surface area contributed by atoms with Crippen LogP contribution in [0.15, 0.2) is 6.20 Å². The molecule has 0 radical (unpaired) electrons. The van der Waals surface area contributed by atoms with E-state index in [2.05, 4.69) is 17.2 Å². The molecular weight excluding hydrogens is 262 g/mol. The highest BCUT2D eigenvalue weighted by Gasteiger charge is 2.32. The molecular formula is C13H19N3O2S. The zero-order valence-electron chi connectivity index (χ0n) is 11.3. The molecule has 19 heavy (non-hydrogen) atoms. The molecule has 5 nitrogen and oxygen atoms in total. The van der Waals surface area contributed by atoms with Gasteiger partial charge in [0.05, 0.1) is 5.01 Å². The molecule has 6 heteroatoms. The van der Waals surface area contributed by atoms with Crippen molar-refractivity contribution in [2.24, 2.45) is 0 Å². The van der Waals surface area contributed by atoms with Crippen LogP contribution >= 0.6 is 11.3 Å². The number of hydrogen-bond donors (Lipinski definition) is 1. The van der Waals surface area contributed by atoms with Crippen molar-refractivity contribution >= 4 is 23.2 Å². The Hall–Kier alpha value is -1.43. The fourth-order valence-electron chi connectivity index (χ4n) is 2.15. The van der Waals surface area contributed by atoms with Crippen LogP contribution in [-0.4, -0.2) is 41.3 Å². The van der Waals surface area contributed by atoms with Crippen LogP contribution in [0.5, 0.6) is 0 Å². The Balaban J connectivity index is 1.76. The average molecular weight is 281 g/mol. The van der Waals surface area contributed by atoms with Gasteiger partial charge in [0, 0.05) is 37.5 Å². The molecule has 1 N–H and O–H groups in total. The van der Waals surface area contributed by atoms with Gasteiger partial charge in [-0.05, 0) is 12.8 Å². The summed E-state index contributed by atoms with van der Waals surface area (Å²) in [4.78, 5) is 30.4. The molecule has 1 unspecified atom stereocenters. The fourth-order valence-corrected chi connectivity index (χ4v) is 3.01. The van der Waals surface area contributed by atoms with E-state index in [9.17, 15) is 9.59 Å². The Morgan fingerprint density at radius 1 is 1.63 bits per heavy atom. The second kappa shape index (κ2) is 6.14. The van der Waals surface area contributed by atoms with Gasteiger partial charge in [0.25, 0.3) is 0 Å². The lowest BCUT2D eigenvalue weighted by molar-refractivity contribution is -0.133. The third kappa shape index (κ3) is 3.32. The van der Waals surface area contributed by atoms with E-state index in [1.54, 1.807) is 18.4 Å². The molecule has 0 aliphatic carbocycles. The van der Waals surface area contributed by atoms with E-state index in [1.807, 2.05) is 6.20 Å². The monoisotopic (exact) mass is 281 g/mol. The first kappa shape index (κ1) is 14.0. The molecule has 1 saturated heterocycles. The number of carbonyl (C=O) groups excluding carboxylic acids is 2. The van der Waals surface area contributed by atoms with Crippen molar-refractivity contribution in [3.8, 4) is 0 Å². The maximum Gasteiger partial charge on any atom is 0.242 e. The first-order chi connectivity index (χ1) is 9.11. The number of aromatic nitrogens is 1. The van der Waals surface area contributed by atoms with Crippen LogP contribution in [0.1, 0.15) is 29.7 Å². The minimum atomic E-state index is -0.296. The van der Waals surface area contributed by atoms with E-state index in [1.165, 1.54) is 9.78 Å². The van der Waals surface area contributed by atoms with Crippen LogP contribution in [0.3, 0.4) is 0 Å². The third-order valence-corrected chi connectivity index (χ3v) is 4.58. The maximum atomic E-state index is 11.9. The van der Waals surface area contributed by atoms with E-state index in [0.29, 0.717) is 19.4 Å².